The van der Waals surface area contributed by atoms with Gasteiger partial charge in [-0.2, -0.15) is 0 Å². The summed E-state index contributed by atoms with van der Waals surface area (Å²) in [6, 6.07) is 6.65. The number of pyridine rings is 1. The van der Waals surface area contributed by atoms with E-state index in [1.54, 1.807) is 11.8 Å². The van der Waals surface area contributed by atoms with Crippen molar-refractivity contribution in [3.05, 3.63) is 45.9 Å². The summed E-state index contributed by atoms with van der Waals surface area (Å²) in [4.78, 5) is 8.35. The molecule has 2 aromatic rings. The van der Waals surface area contributed by atoms with Crippen LogP contribution in [0.25, 0.3) is 0 Å². The Labute approximate surface area is 118 Å². The van der Waals surface area contributed by atoms with Gasteiger partial charge in [-0.25, -0.2) is 0 Å². The summed E-state index contributed by atoms with van der Waals surface area (Å²) in [7, 11) is 0. The van der Waals surface area contributed by atoms with Crippen LogP contribution in [-0.4, -0.2) is 11.2 Å². The van der Waals surface area contributed by atoms with E-state index in [-0.39, 0.29) is 5.41 Å². The predicted octanol–water partition coefficient (Wildman–Crippen LogP) is 4.75. The first-order chi connectivity index (χ1) is 8.50. The molecule has 0 unspecified atom stereocenters. The summed E-state index contributed by atoms with van der Waals surface area (Å²) in [6.07, 6.45) is 6.96. The molecule has 0 aliphatic heterocycles. The Morgan fingerprint density at radius 1 is 1.22 bits per heavy atom. The highest BCUT2D eigenvalue weighted by atomic mass is 32.2. The predicted molar refractivity (Wildman–Crippen MR) is 81.8 cm³/mol. The Bertz CT molecular complexity index is 523. The largest absolute Gasteiger partial charge is 0.264 e. The molecule has 0 aromatic carbocycles. The van der Waals surface area contributed by atoms with Gasteiger partial charge in [0.15, 0.2) is 0 Å². The summed E-state index contributed by atoms with van der Waals surface area (Å²) >= 11 is 3.69. The van der Waals surface area contributed by atoms with E-state index in [4.69, 9.17) is 0 Å². The van der Waals surface area contributed by atoms with Crippen molar-refractivity contribution in [2.24, 2.45) is 0 Å². The van der Waals surface area contributed by atoms with Gasteiger partial charge in [0.2, 0.25) is 0 Å². The Hall–Kier alpha value is -0.800. The van der Waals surface area contributed by atoms with E-state index in [9.17, 15) is 0 Å². The van der Waals surface area contributed by atoms with Crippen LogP contribution in [0, 0.1) is 0 Å². The van der Waals surface area contributed by atoms with Crippen LogP contribution < -0.4 is 0 Å². The van der Waals surface area contributed by atoms with Gasteiger partial charge < -0.3 is 0 Å². The first-order valence-corrected chi connectivity index (χ1v) is 8.11. The van der Waals surface area contributed by atoms with E-state index in [0.29, 0.717) is 0 Å². The number of nitrogens with zero attached hydrogens (tertiary/aromatic N) is 1. The fourth-order valence-electron chi connectivity index (χ4n) is 1.80. The van der Waals surface area contributed by atoms with Gasteiger partial charge in [-0.3, -0.25) is 4.98 Å². The molecule has 96 valence electrons. The lowest BCUT2D eigenvalue weighted by molar-refractivity contribution is 0.604. The second kappa shape index (κ2) is 5.45. The van der Waals surface area contributed by atoms with Gasteiger partial charge in [-0.05, 0) is 35.4 Å². The van der Waals surface area contributed by atoms with Gasteiger partial charge in [0.1, 0.15) is 0 Å². The van der Waals surface area contributed by atoms with Crippen LogP contribution in [0.4, 0.5) is 0 Å². The van der Waals surface area contributed by atoms with E-state index in [0.717, 1.165) is 6.42 Å². The Kier molecular flexibility index (Phi) is 4.13. The third kappa shape index (κ3) is 3.15. The average molecular weight is 277 g/mol. The number of hydrogen-bond donors (Lipinski definition) is 0. The molecule has 18 heavy (non-hydrogen) atoms. The minimum Gasteiger partial charge on any atom is -0.264 e. The molecule has 1 nitrogen and oxygen atoms in total. The van der Waals surface area contributed by atoms with Crippen LogP contribution in [0.1, 0.15) is 36.1 Å². The van der Waals surface area contributed by atoms with Crippen molar-refractivity contribution in [3.8, 4) is 0 Å². The Morgan fingerprint density at radius 3 is 2.61 bits per heavy atom. The number of hydrogen-bond acceptors (Lipinski definition) is 3. The van der Waals surface area contributed by atoms with Gasteiger partial charge in [0.05, 0.1) is 0 Å². The lowest BCUT2D eigenvalue weighted by Gasteiger charge is -2.15. The molecule has 0 bridgehead atoms. The molecule has 3 heteroatoms. The van der Waals surface area contributed by atoms with E-state index in [1.807, 2.05) is 23.7 Å². The second-order valence-corrected chi connectivity index (χ2v) is 7.40. The van der Waals surface area contributed by atoms with Gasteiger partial charge >= 0.3 is 0 Å². The molecule has 2 aromatic heterocycles. The van der Waals surface area contributed by atoms with E-state index >= 15 is 0 Å². The molecule has 0 radical (unpaired) electrons. The van der Waals surface area contributed by atoms with Crippen LogP contribution in [0.2, 0.25) is 0 Å². The molecule has 0 atom stereocenters. The minimum atomic E-state index is 0.253. The van der Waals surface area contributed by atoms with Crippen LogP contribution in [0.15, 0.2) is 35.5 Å². The third-order valence-electron chi connectivity index (χ3n) is 2.86. The Balaban J connectivity index is 2.22. The fourth-order valence-corrected chi connectivity index (χ4v) is 3.46. The highest BCUT2D eigenvalue weighted by molar-refractivity contribution is 7.98. The monoisotopic (exact) mass is 277 g/mol. The maximum atomic E-state index is 4.18. The first-order valence-electron chi connectivity index (χ1n) is 6.07. The summed E-state index contributed by atoms with van der Waals surface area (Å²) in [5, 5.41) is 0. The molecule has 0 spiro atoms. The quantitative estimate of drug-likeness (QED) is 0.751. The SMILES string of the molecule is CSc1cnccc1Cc1ccc(C(C)(C)C)s1. The van der Waals surface area contributed by atoms with Gasteiger partial charge in [0.25, 0.3) is 0 Å². The van der Waals surface area contributed by atoms with Crippen molar-refractivity contribution >= 4 is 23.1 Å². The number of thiophene rings is 1. The van der Waals surface area contributed by atoms with Crippen molar-refractivity contribution in [3.63, 3.8) is 0 Å². The molecule has 0 fully saturated rings. The number of thioether (sulfide) groups is 1. The van der Waals surface area contributed by atoms with Crippen LogP contribution >= 0.6 is 23.1 Å². The number of rotatable bonds is 3. The molecule has 0 aliphatic rings. The third-order valence-corrected chi connectivity index (χ3v) is 5.17. The molecular weight excluding hydrogens is 258 g/mol. The summed E-state index contributed by atoms with van der Waals surface area (Å²) in [5.74, 6) is 0. The molecule has 2 heterocycles. The smallest absolute Gasteiger partial charge is 0.0406 e. The molecule has 2 rings (SSSR count). The van der Waals surface area contributed by atoms with Gasteiger partial charge in [0, 0.05) is 33.5 Å². The summed E-state index contributed by atoms with van der Waals surface area (Å²) in [6.45, 7) is 6.80. The highest BCUT2D eigenvalue weighted by Crippen LogP contribution is 2.31. The molecule has 0 saturated heterocycles. The topological polar surface area (TPSA) is 12.9 Å². The summed E-state index contributed by atoms with van der Waals surface area (Å²) in [5.41, 5.74) is 1.63. The molecule has 0 amide bonds. The van der Waals surface area contributed by atoms with Crippen molar-refractivity contribution in [2.75, 3.05) is 6.26 Å². The maximum absolute atomic E-state index is 4.18. The maximum Gasteiger partial charge on any atom is 0.0406 e. The molecule has 0 saturated carbocycles. The Morgan fingerprint density at radius 2 is 2.00 bits per heavy atom. The van der Waals surface area contributed by atoms with Crippen LogP contribution in [0.5, 0.6) is 0 Å². The van der Waals surface area contributed by atoms with E-state index in [2.05, 4.69) is 50.2 Å². The minimum absolute atomic E-state index is 0.253. The van der Waals surface area contributed by atoms with Gasteiger partial charge in [-0.15, -0.1) is 23.1 Å². The van der Waals surface area contributed by atoms with Crippen LogP contribution in [0.3, 0.4) is 0 Å². The van der Waals surface area contributed by atoms with Crippen molar-refractivity contribution in [1.82, 2.24) is 4.98 Å². The van der Waals surface area contributed by atoms with E-state index < -0.39 is 0 Å². The normalized spacial score (nSPS) is 11.8. The molecule has 0 N–H and O–H groups in total. The van der Waals surface area contributed by atoms with Crippen LogP contribution in [-0.2, 0) is 11.8 Å². The average Bonchev–Trinajstić information content (AvgIpc) is 2.78. The highest BCUT2D eigenvalue weighted by Gasteiger charge is 2.16. The van der Waals surface area contributed by atoms with E-state index in [1.165, 1.54) is 20.2 Å². The summed E-state index contributed by atoms with van der Waals surface area (Å²) < 4.78 is 0. The van der Waals surface area contributed by atoms with Crippen molar-refractivity contribution < 1.29 is 0 Å². The van der Waals surface area contributed by atoms with Crippen molar-refractivity contribution in [2.45, 2.75) is 37.5 Å². The fraction of sp³-hybridized carbons (Fsp3) is 0.400. The number of aromatic nitrogens is 1. The molecule has 0 aliphatic carbocycles. The zero-order valence-electron chi connectivity index (χ0n) is 11.4. The van der Waals surface area contributed by atoms with Crippen molar-refractivity contribution in [1.29, 1.82) is 0 Å². The zero-order valence-corrected chi connectivity index (χ0v) is 13.0. The molecular formula is C15H19NS2. The first kappa shape index (κ1) is 13.6. The second-order valence-electron chi connectivity index (χ2n) is 5.38. The lowest BCUT2D eigenvalue weighted by Crippen LogP contribution is -2.07. The lowest BCUT2D eigenvalue weighted by atomic mass is 9.95. The van der Waals surface area contributed by atoms with Gasteiger partial charge in [-0.1, -0.05) is 20.8 Å². The zero-order chi connectivity index (χ0) is 13.2. The standard InChI is InChI=1S/C15H19NS2/c1-15(2,3)14-6-5-12(18-14)9-11-7-8-16-10-13(11)17-4/h5-8,10H,9H2,1-4H3.